The summed E-state index contributed by atoms with van der Waals surface area (Å²) in [7, 11) is 0. The molecule has 19 heavy (non-hydrogen) atoms. The summed E-state index contributed by atoms with van der Waals surface area (Å²) in [5.41, 5.74) is 2.18. The van der Waals surface area contributed by atoms with Gasteiger partial charge in [0.1, 0.15) is 0 Å². The highest BCUT2D eigenvalue weighted by atomic mass is 16.5. The summed E-state index contributed by atoms with van der Waals surface area (Å²) in [5.74, 6) is 0.174. The van der Waals surface area contributed by atoms with Crippen LogP contribution in [-0.4, -0.2) is 11.7 Å². The van der Waals surface area contributed by atoms with E-state index in [0.717, 1.165) is 12.0 Å². The molecule has 1 heterocycles. The average Bonchev–Trinajstić information content (AvgIpc) is 2.98. The third-order valence-electron chi connectivity index (χ3n) is 3.79. The summed E-state index contributed by atoms with van der Waals surface area (Å²) >= 11 is 0. The molecule has 2 heteroatoms. The first-order valence-electron chi connectivity index (χ1n) is 6.74. The molecule has 2 aromatic carbocycles. The first-order valence-corrected chi connectivity index (χ1v) is 6.74. The van der Waals surface area contributed by atoms with Crippen LogP contribution in [-0.2, 0) is 4.74 Å². The topological polar surface area (TPSA) is 29.5 Å². The number of aliphatic hydroxyl groups is 1. The van der Waals surface area contributed by atoms with Crippen LogP contribution in [0.5, 0.6) is 0 Å². The van der Waals surface area contributed by atoms with Crippen LogP contribution in [0, 0.1) is 5.92 Å². The molecule has 1 aliphatic rings. The molecule has 1 saturated heterocycles. The highest BCUT2D eigenvalue weighted by Gasteiger charge is 2.32. The van der Waals surface area contributed by atoms with Crippen LogP contribution in [0.4, 0.5) is 0 Å². The van der Waals surface area contributed by atoms with Gasteiger partial charge in [-0.3, -0.25) is 0 Å². The molecule has 1 N–H and O–H groups in total. The molecule has 1 aliphatic heterocycles. The van der Waals surface area contributed by atoms with Crippen molar-refractivity contribution < 1.29 is 9.84 Å². The number of hydrogen-bond acceptors (Lipinski definition) is 2. The first kappa shape index (κ1) is 12.4. The summed E-state index contributed by atoms with van der Waals surface area (Å²) in [5, 5.41) is 10.4. The van der Waals surface area contributed by atoms with Crippen LogP contribution in [0.3, 0.4) is 0 Å². The minimum Gasteiger partial charge on any atom is -0.388 e. The second kappa shape index (κ2) is 5.55. The largest absolute Gasteiger partial charge is 0.388 e. The fourth-order valence-corrected chi connectivity index (χ4v) is 2.69. The third kappa shape index (κ3) is 2.70. The van der Waals surface area contributed by atoms with Gasteiger partial charge in [-0.25, -0.2) is 0 Å². The Bertz CT molecular complexity index is 509. The Morgan fingerprint density at radius 3 is 2.26 bits per heavy atom. The van der Waals surface area contributed by atoms with Gasteiger partial charge in [0.05, 0.1) is 18.8 Å². The molecule has 1 fully saturated rings. The molecule has 0 radical (unpaired) electrons. The Balaban J connectivity index is 1.69. The maximum absolute atomic E-state index is 10.4. The summed E-state index contributed by atoms with van der Waals surface area (Å²) < 4.78 is 5.83. The van der Waals surface area contributed by atoms with E-state index < -0.39 is 6.10 Å². The minimum atomic E-state index is -0.435. The first-order chi connectivity index (χ1) is 9.34. The van der Waals surface area contributed by atoms with Gasteiger partial charge in [0, 0.05) is 5.92 Å². The molecular formula is C17H18O2. The standard InChI is InChI=1S/C17H18O2/c18-17(14-9-5-2-6-10-14)15-11-16(19-12-15)13-7-3-1-4-8-13/h1-10,15-18H,11-12H2/t15-,16-,17?/m0/s1. The van der Waals surface area contributed by atoms with Gasteiger partial charge >= 0.3 is 0 Å². The van der Waals surface area contributed by atoms with Gasteiger partial charge in [0.15, 0.2) is 0 Å². The molecule has 0 bridgehead atoms. The maximum Gasteiger partial charge on any atom is 0.0841 e. The molecular weight excluding hydrogens is 236 g/mol. The third-order valence-corrected chi connectivity index (χ3v) is 3.79. The van der Waals surface area contributed by atoms with Crippen molar-refractivity contribution in [3.05, 3.63) is 71.8 Å². The molecule has 0 aliphatic carbocycles. The van der Waals surface area contributed by atoms with E-state index in [2.05, 4.69) is 12.1 Å². The van der Waals surface area contributed by atoms with Crippen LogP contribution in [0.15, 0.2) is 60.7 Å². The highest BCUT2D eigenvalue weighted by Crippen LogP contribution is 2.38. The normalized spacial score (nSPS) is 24.3. The molecule has 2 nitrogen and oxygen atoms in total. The predicted octanol–water partition coefficient (Wildman–Crippen LogP) is 3.50. The lowest BCUT2D eigenvalue weighted by molar-refractivity contribution is 0.0759. The average molecular weight is 254 g/mol. The zero-order valence-electron chi connectivity index (χ0n) is 10.8. The quantitative estimate of drug-likeness (QED) is 0.908. The highest BCUT2D eigenvalue weighted by molar-refractivity contribution is 5.21. The van der Waals surface area contributed by atoms with Gasteiger partial charge in [-0.2, -0.15) is 0 Å². The molecule has 0 saturated carbocycles. The number of rotatable bonds is 3. The summed E-state index contributed by atoms with van der Waals surface area (Å²) in [6, 6.07) is 20.1. The van der Waals surface area contributed by atoms with Crippen LogP contribution in [0.2, 0.25) is 0 Å². The SMILES string of the molecule is OC(c1ccccc1)[C@@H]1CO[C@H](c2ccccc2)C1. The van der Waals surface area contributed by atoms with Gasteiger partial charge in [0.2, 0.25) is 0 Å². The van der Waals surface area contributed by atoms with Gasteiger partial charge in [0.25, 0.3) is 0 Å². The molecule has 3 atom stereocenters. The molecule has 98 valence electrons. The van der Waals surface area contributed by atoms with E-state index in [1.54, 1.807) is 0 Å². The number of benzene rings is 2. The van der Waals surface area contributed by atoms with E-state index in [9.17, 15) is 5.11 Å². The molecule has 2 aromatic rings. The van der Waals surface area contributed by atoms with E-state index in [0.29, 0.717) is 6.61 Å². The minimum absolute atomic E-state index is 0.115. The Kier molecular flexibility index (Phi) is 3.62. The second-order valence-corrected chi connectivity index (χ2v) is 5.08. The Morgan fingerprint density at radius 2 is 1.58 bits per heavy atom. The van der Waals surface area contributed by atoms with E-state index in [1.165, 1.54) is 5.56 Å². The summed E-state index contributed by atoms with van der Waals surface area (Å²) in [6.07, 6.45) is 0.555. The van der Waals surface area contributed by atoms with Crippen molar-refractivity contribution in [3.63, 3.8) is 0 Å². The number of hydrogen-bond donors (Lipinski definition) is 1. The summed E-state index contributed by atoms with van der Waals surface area (Å²) in [4.78, 5) is 0. The van der Waals surface area contributed by atoms with E-state index in [1.807, 2.05) is 48.5 Å². The number of aliphatic hydroxyl groups excluding tert-OH is 1. The Hall–Kier alpha value is -1.64. The van der Waals surface area contributed by atoms with Gasteiger partial charge in [-0.1, -0.05) is 60.7 Å². The molecule has 0 spiro atoms. The van der Waals surface area contributed by atoms with Crippen molar-refractivity contribution in [2.75, 3.05) is 6.61 Å². The van der Waals surface area contributed by atoms with Crippen molar-refractivity contribution in [1.29, 1.82) is 0 Å². The van der Waals surface area contributed by atoms with Gasteiger partial charge < -0.3 is 9.84 Å². The molecule has 3 rings (SSSR count). The molecule has 0 amide bonds. The maximum atomic E-state index is 10.4. The Labute approximate surface area is 113 Å². The zero-order valence-corrected chi connectivity index (χ0v) is 10.8. The zero-order chi connectivity index (χ0) is 13.1. The van der Waals surface area contributed by atoms with Crippen molar-refractivity contribution in [2.45, 2.75) is 18.6 Å². The van der Waals surface area contributed by atoms with Gasteiger partial charge in [-0.15, -0.1) is 0 Å². The lowest BCUT2D eigenvalue weighted by Crippen LogP contribution is -2.12. The van der Waals surface area contributed by atoms with Crippen LogP contribution in [0.1, 0.15) is 29.8 Å². The predicted molar refractivity (Wildman–Crippen MR) is 74.6 cm³/mol. The monoisotopic (exact) mass is 254 g/mol. The van der Waals surface area contributed by atoms with Crippen molar-refractivity contribution in [1.82, 2.24) is 0 Å². The van der Waals surface area contributed by atoms with Crippen molar-refractivity contribution in [2.24, 2.45) is 5.92 Å². The van der Waals surface area contributed by atoms with Crippen molar-refractivity contribution >= 4 is 0 Å². The Morgan fingerprint density at radius 1 is 0.947 bits per heavy atom. The second-order valence-electron chi connectivity index (χ2n) is 5.08. The van der Waals surface area contributed by atoms with Crippen LogP contribution in [0.25, 0.3) is 0 Å². The van der Waals surface area contributed by atoms with E-state index in [4.69, 9.17) is 4.74 Å². The van der Waals surface area contributed by atoms with Crippen LogP contribution >= 0.6 is 0 Å². The van der Waals surface area contributed by atoms with Crippen molar-refractivity contribution in [3.8, 4) is 0 Å². The molecule has 0 aromatic heterocycles. The summed E-state index contributed by atoms with van der Waals surface area (Å²) in [6.45, 7) is 0.621. The van der Waals surface area contributed by atoms with E-state index >= 15 is 0 Å². The molecule has 1 unspecified atom stereocenters. The van der Waals surface area contributed by atoms with Crippen LogP contribution < -0.4 is 0 Å². The fraction of sp³-hybridized carbons (Fsp3) is 0.294. The number of ether oxygens (including phenoxy) is 1. The lowest BCUT2D eigenvalue weighted by Gasteiger charge is -2.17. The smallest absolute Gasteiger partial charge is 0.0841 e. The fourth-order valence-electron chi connectivity index (χ4n) is 2.69. The van der Waals surface area contributed by atoms with E-state index in [-0.39, 0.29) is 12.0 Å². The lowest BCUT2D eigenvalue weighted by atomic mass is 9.92. The van der Waals surface area contributed by atoms with Gasteiger partial charge in [-0.05, 0) is 17.5 Å².